The molecule has 10 heteroatoms. The quantitative estimate of drug-likeness (QED) is 0.276. The molecule has 5 atom stereocenters. The number of nitrogens with two attached hydrogens (primary N) is 1. The number of fused-ring (bicyclic) bond motifs is 1. The summed E-state index contributed by atoms with van der Waals surface area (Å²) < 4.78 is 5.12. The van der Waals surface area contributed by atoms with Crippen molar-refractivity contribution in [3.8, 4) is 0 Å². The van der Waals surface area contributed by atoms with Gasteiger partial charge in [0, 0.05) is 18.0 Å². The van der Waals surface area contributed by atoms with Gasteiger partial charge in [-0.2, -0.15) is 0 Å². The minimum atomic E-state index is -0.844. The van der Waals surface area contributed by atoms with Crippen LogP contribution in [0.5, 0.6) is 0 Å². The zero-order valence-corrected chi connectivity index (χ0v) is 15.7. The predicted molar refractivity (Wildman–Crippen MR) is 96.8 cm³/mol. The average Bonchev–Trinajstić information content (AvgIpc) is 3.10. The molecule has 2 fully saturated rings. The molecule has 3 rings (SSSR count). The molecule has 9 nitrogen and oxygen atoms in total. The third-order valence-corrected chi connectivity index (χ3v) is 6.31. The molecule has 0 radical (unpaired) electrons. The number of carbonyl (C=O) groups excluding carboxylic acids is 3. The number of nitrogens with zero attached hydrogens (tertiary/aromatic N) is 2. The topological polar surface area (TPSA) is 133 Å². The van der Waals surface area contributed by atoms with Crippen molar-refractivity contribution < 1.29 is 29.3 Å². The van der Waals surface area contributed by atoms with Gasteiger partial charge >= 0.3 is 5.97 Å². The van der Waals surface area contributed by atoms with E-state index in [1.807, 2.05) is 0 Å². The minimum Gasteiger partial charge on any atom is -0.457 e. The first-order chi connectivity index (χ1) is 12.8. The molecule has 3 heterocycles. The Morgan fingerprint density at radius 1 is 1.52 bits per heavy atom. The lowest BCUT2D eigenvalue weighted by atomic mass is 9.92. The Labute approximate surface area is 160 Å². The van der Waals surface area contributed by atoms with E-state index in [9.17, 15) is 24.6 Å². The van der Waals surface area contributed by atoms with Gasteiger partial charge in [-0.05, 0) is 13.3 Å². The van der Waals surface area contributed by atoms with Crippen LogP contribution in [0, 0.1) is 5.92 Å². The first kappa shape index (κ1) is 19.9. The normalized spacial score (nSPS) is 31.5. The third-order valence-electron chi connectivity index (χ3n) is 4.95. The molecule has 0 aromatic carbocycles. The molecule has 4 N–H and O–H groups in total. The number of aliphatic hydroxyl groups excluding tert-OH is 2. The molecule has 2 amide bonds. The van der Waals surface area contributed by atoms with Crippen molar-refractivity contribution in [3.05, 3.63) is 23.3 Å². The van der Waals surface area contributed by atoms with Crippen molar-refractivity contribution in [2.45, 2.75) is 37.0 Å². The molecule has 0 aromatic rings. The van der Waals surface area contributed by atoms with Gasteiger partial charge in [0.25, 0.3) is 0 Å². The van der Waals surface area contributed by atoms with Crippen LogP contribution in [0.4, 0.5) is 0 Å². The zero-order valence-electron chi connectivity index (χ0n) is 14.9. The van der Waals surface area contributed by atoms with Crippen LogP contribution in [0.1, 0.15) is 13.3 Å². The Morgan fingerprint density at radius 2 is 2.22 bits per heavy atom. The van der Waals surface area contributed by atoms with Gasteiger partial charge in [-0.1, -0.05) is 12.7 Å². The monoisotopic (exact) mass is 397 g/mol. The number of ether oxygens (including phenoxy) is 1. The molecule has 27 heavy (non-hydrogen) atoms. The molecule has 0 aliphatic carbocycles. The maximum absolute atomic E-state index is 12.5. The highest BCUT2D eigenvalue weighted by Gasteiger charge is 2.58. The standard InChI is InChI=1S/C17H23N3O6S/c1-3-4-26-17(25)13-11(7-19-6-9(22)5-10(19)14(18)23)27-16-12(8(2)21)15(24)20(13)16/h3,8-10,12,16,21-22H,1,4-7H2,2H3,(H2,18,23)/t8-,9-,10-,12+,16-/m1/s1. The summed E-state index contributed by atoms with van der Waals surface area (Å²) in [6.07, 6.45) is 0.123. The van der Waals surface area contributed by atoms with Gasteiger partial charge in [-0.3, -0.25) is 19.4 Å². The molecule has 0 spiro atoms. The summed E-state index contributed by atoms with van der Waals surface area (Å²) in [5.74, 6) is -2.15. The van der Waals surface area contributed by atoms with Gasteiger partial charge < -0.3 is 20.7 Å². The number of aliphatic hydroxyl groups is 2. The van der Waals surface area contributed by atoms with Crippen molar-refractivity contribution in [1.29, 1.82) is 0 Å². The summed E-state index contributed by atoms with van der Waals surface area (Å²) in [5, 5.41) is 19.4. The molecular formula is C17H23N3O6S. The van der Waals surface area contributed by atoms with Gasteiger partial charge in [0.15, 0.2) is 0 Å². The van der Waals surface area contributed by atoms with Crippen molar-refractivity contribution in [1.82, 2.24) is 9.80 Å². The molecule has 0 bridgehead atoms. The number of β-amino-alcohol motifs (C(OH)–C–C–N with tert-alkyl or cyclic N) is 1. The largest absolute Gasteiger partial charge is 0.457 e. The van der Waals surface area contributed by atoms with Crippen LogP contribution in [0.25, 0.3) is 0 Å². The van der Waals surface area contributed by atoms with E-state index < -0.39 is 41.4 Å². The fourth-order valence-electron chi connectivity index (χ4n) is 3.69. The number of esters is 1. The highest BCUT2D eigenvalue weighted by Crippen LogP contribution is 2.50. The molecular weight excluding hydrogens is 374 g/mol. The lowest BCUT2D eigenvalue weighted by molar-refractivity contribution is -0.158. The Morgan fingerprint density at radius 3 is 2.81 bits per heavy atom. The van der Waals surface area contributed by atoms with Gasteiger partial charge in [-0.15, -0.1) is 11.8 Å². The fraction of sp³-hybridized carbons (Fsp3) is 0.588. The Bertz CT molecular complexity index is 709. The Balaban J connectivity index is 1.86. The minimum absolute atomic E-state index is 0.000845. The summed E-state index contributed by atoms with van der Waals surface area (Å²) in [7, 11) is 0. The molecule has 3 aliphatic rings. The lowest BCUT2D eigenvalue weighted by Gasteiger charge is -2.43. The maximum atomic E-state index is 12.5. The lowest BCUT2D eigenvalue weighted by Crippen LogP contribution is -2.60. The second kappa shape index (κ2) is 7.63. The number of β-lactam (4-membered cyclic amide) rings is 1. The third kappa shape index (κ3) is 3.49. The first-order valence-electron chi connectivity index (χ1n) is 8.66. The van der Waals surface area contributed by atoms with Crippen LogP contribution in [0.3, 0.4) is 0 Å². The van der Waals surface area contributed by atoms with E-state index in [-0.39, 0.29) is 37.7 Å². The number of hydrogen-bond donors (Lipinski definition) is 3. The molecule has 148 valence electrons. The second-order valence-electron chi connectivity index (χ2n) is 6.88. The van der Waals surface area contributed by atoms with Crippen molar-refractivity contribution in [2.75, 3.05) is 19.7 Å². The van der Waals surface area contributed by atoms with Crippen LogP contribution in [-0.2, 0) is 19.1 Å². The molecule has 0 aromatic heterocycles. The number of thioether (sulfide) groups is 1. The summed E-state index contributed by atoms with van der Waals surface area (Å²) in [4.78, 5) is 40.2. The van der Waals surface area contributed by atoms with E-state index in [2.05, 4.69) is 6.58 Å². The number of primary amides is 1. The number of amides is 2. The summed E-state index contributed by atoms with van der Waals surface area (Å²) in [6, 6.07) is -0.643. The first-order valence-corrected chi connectivity index (χ1v) is 9.54. The van der Waals surface area contributed by atoms with Gasteiger partial charge in [0.05, 0.1) is 24.2 Å². The molecule has 0 unspecified atom stereocenters. The van der Waals surface area contributed by atoms with E-state index in [0.717, 1.165) is 0 Å². The summed E-state index contributed by atoms with van der Waals surface area (Å²) in [5.41, 5.74) is 5.54. The van der Waals surface area contributed by atoms with Gasteiger partial charge in [-0.25, -0.2) is 4.79 Å². The predicted octanol–water partition coefficient (Wildman–Crippen LogP) is -1.24. The fourth-order valence-corrected chi connectivity index (χ4v) is 5.32. The van der Waals surface area contributed by atoms with Crippen molar-refractivity contribution >= 4 is 29.5 Å². The number of likely N-dealkylation sites (tertiary alicyclic amines) is 1. The van der Waals surface area contributed by atoms with Crippen LogP contribution in [0.15, 0.2) is 23.3 Å². The van der Waals surface area contributed by atoms with Crippen LogP contribution in [0.2, 0.25) is 0 Å². The average molecular weight is 397 g/mol. The zero-order chi connectivity index (χ0) is 19.9. The number of rotatable bonds is 7. The second-order valence-corrected chi connectivity index (χ2v) is 8.09. The number of carbonyl (C=O) groups is 3. The van der Waals surface area contributed by atoms with E-state index in [1.54, 1.807) is 4.90 Å². The molecule has 2 saturated heterocycles. The van der Waals surface area contributed by atoms with E-state index in [1.165, 1.54) is 29.7 Å². The highest BCUT2D eigenvalue weighted by molar-refractivity contribution is 8.04. The molecule has 3 aliphatic heterocycles. The number of hydrogen-bond acceptors (Lipinski definition) is 8. The van der Waals surface area contributed by atoms with Crippen LogP contribution in [-0.4, -0.2) is 81.1 Å². The van der Waals surface area contributed by atoms with Gasteiger partial charge in [0.1, 0.15) is 17.7 Å². The van der Waals surface area contributed by atoms with Gasteiger partial charge in [0.2, 0.25) is 11.8 Å². The highest BCUT2D eigenvalue weighted by atomic mass is 32.2. The summed E-state index contributed by atoms with van der Waals surface area (Å²) in [6.45, 7) is 5.46. The van der Waals surface area contributed by atoms with E-state index >= 15 is 0 Å². The Hall–Kier alpha value is -1.88. The molecule has 0 saturated carbocycles. The van der Waals surface area contributed by atoms with Crippen molar-refractivity contribution in [3.63, 3.8) is 0 Å². The smallest absolute Gasteiger partial charge is 0.356 e. The Kier molecular flexibility index (Phi) is 5.61. The maximum Gasteiger partial charge on any atom is 0.356 e. The summed E-state index contributed by atoms with van der Waals surface area (Å²) >= 11 is 1.29. The SMILES string of the molecule is C=CCOC(=O)C1=C(CN2C[C@H](O)C[C@@H]2C(N)=O)S[C@@H]2[C@@H]([C@@H](C)O)C(=O)N12. The van der Waals surface area contributed by atoms with Crippen LogP contribution >= 0.6 is 11.8 Å². The van der Waals surface area contributed by atoms with E-state index in [4.69, 9.17) is 10.5 Å². The van der Waals surface area contributed by atoms with Crippen molar-refractivity contribution in [2.24, 2.45) is 11.7 Å². The van der Waals surface area contributed by atoms with E-state index in [0.29, 0.717) is 4.91 Å². The van der Waals surface area contributed by atoms with Crippen LogP contribution < -0.4 is 5.73 Å².